The molecule has 0 aliphatic rings. The molecule has 3 N–H and O–H groups in total. The number of phenolic OH excluding ortho intramolecular Hbond substituents is 1. The molecule has 0 saturated heterocycles. The smallest absolute Gasteiger partial charge is 0.137 e. The molecule has 1 aromatic carbocycles. The highest BCUT2D eigenvalue weighted by Crippen LogP contribution is 2.30. The maximum Gasteiger partial charge on any atom is 0.137 e. The molecule has 84 valence electrons. The Morgan fingerprint density at radius 3 is 2.73 bits per heavy atom. The molecular weight excluding hydrogens is 214 g/mol. The predicted octanol–water partition coefficient (Wildman–Crippen LogP) is 2.08. The Balaban J connectivity index is 3.01. The van der Waals surface area contributed by atoms with Crippen molar-refractivity contribution in [3.05, 3.63) is 28.3 Å². The van der Waals surface area contributed by atoms with Crippen molar-refractivity contribution in [3.8, 4) is 5.75 Å². The second-order valence-corrected chi connectivity index (χ2v) is 4.11. The number of halogens is 1. The summed E-state index contributed by atoms with van der Waals surface area (Å²) in [6.07, 6.45) is 0.600. The number of aromatic hydroxyl groups is 1. The van der Waals surface area contributed by atoms with Crippen molar-refractivity contribution < 1.29 is 9.84 Å². The van der Waals surface area contributed by atoms with Gasteiger partial charge < -0.3 is 15.6 Å². The Hall–Kier alpha value is -0.770. The highest BCUT2D eigenvalue weighted by atomic mass is 35.5. The highest BCUT2D eigenvalue weighted by Gasteiger charge is 2.10. The molecular formula is C11H16ClNO2. The van der Waals surface area contributed by atoms with E-state index in [0.717, 1.165) is 11.1 Å². The molecule has 15 heavy (non-hydrogen) atoms. The van der Waals surface area contributed by atoms with Gasteiger partial charge in [-0.3, -0.25) is 0 Å². The van der Waals surface area contributed by atoms with Crippen LogP contribution in [0.15, 0.2) is 12.1 Å². The maximum absolute atomic E-state index is 9.71. The molecule has 0 aliphatic heterocycles. The Morgan fingerprint density at radius 2 is 2.20 bits per heavy atom. The fourth-order valence-electron chi connectivity index (χ4n) is 1.47. The Kier molecular flexibility index (Phi) is 4.39. The van der Waals surface area contributed by atoms with Crippen molar-refractivity contribution in [3.63, 3.8) is 0 Å². The lowest BCUT2D eigenvalue weighted by molar-refractivity contribution is 0.185. The third-order valence-corrected chi connectivity index (χ3v) is 2.34. The molecule has 1 aromatic rings. The van der Waals surface area contributed by atoms with Gasteiger partial charge in [0.2, 0.25) is 0 Å². The largest absolute Gasteiger partial charge is 0.506 e. The van der Waals surface area contributed by atoms with Crippen LogP contribution in [0.4, 0.5) is 0 Å². The fraction of sp³-hybridized carbons (Fsp3) is 0.455. The van der Waals surface area contributed by atoms with Crippen LogP contribution in [0.1, 0.15) is 18.1 Å². The number of nitrogens with two attached hydrogens (primary N) is 1. The van der Waals surface area contributed by atoms with E-state index < -0.39 is 0 Å². The molecule has 0 bridgehead atoms. The number of benzene rings is 1. The minimum absolute atomic E-state index is 0.00948. The molecule has 0 heterocycles. The van der Waals surface area contributed by atoms with Crippen molar-refractivity contribution in [2.45, 2.75) is 26.0 Å². The van der Waals surface area contributed by atoms with Gasteiger partial charge in [-0.05, 0) is 36.6 Å². The minimum Gasteiger partial charge on any atom is -0.506 e. The van der Waals surface area contributed by atoms with Crippen LogP contribution in [0.2, 0.25) is 5.02 Å². The van der Waals surface area contributed by atoms with Crippen LogP contribution in [-0.2, 0) is 17.8 Å². The first kappa shape index (κ1) is 12.3. The second kappa shape index (κ2) is 5.35. The maximum atomic E-state index is 9.71. The number of methoxy groups -OCH3 is 1. The van der Waals surface area contributed by atoms with Crippen LogP contribution in [0.5, 0.6) is 5.75 Å². The standard InChI is InChI=1S/C11H16ClNO2/c1-7(13)3-9-4-8(6-15-2)5-10(12)11(9)14/h4-5,7,14H,3,6,13H2,1-2H3. The Morgan fingerprint density at radius 1 is 1.53 bits per heavy atom. The topological polar surface area (TPSA) is 55.5 Å². The van der Waals surface area contributed by atoms with Gasteiger partial charge in [0.05, 0.1) is 11.6 Å². The zero-order chi connectivity index (χ0) is 11.4. The van der Waals surface area contributed by atoms with Crippen molar-refractivity contribution >= 4 is 11.6 Å². The molecule has 0 fully saturated rings. The lowest BCUT2D eigenvalue weighted by Gasteiger charge is -2.11. The van der Waals surface area contributed by atoms with Gasteiger partial charge >= 0.3 is 0 Å². The van der Waals surface area contributed by atoms with E-state index >= 15 is 0 Å². The van der Waals surface area contributed by atoms with E-state index in [1.54, 1.807) is 13.2 Å². The molecule has 0 aliphatic carbocycles. The van der Waals surface area contributed by atoms with Crippen molar-refractivity contribution in [2.24, 2.45) is 5.73 Å². The normalized spacial score (nSPS) is 12.8. The molecule has 0 radical (unpaired) electrons. The highest BCUT2D eigenvalue weighted by molar-refractivity contribution is 6.32. The van der Waals surface area contributed by atoms with Gasteiger partial charge in [-0.15, -0.1) is 0 Å². The van der Waals surface area contributed by atoms with E-state index in [1.807, 2.05) is 13.0 Å². The molecule has 0 spiro atoms. The number of phenols is 1. The van der Waals surface area contributed by atoms with Crippen LogP contribution >= 0.6 is 11.6 Å². The van der Waals surface area contributed by atoms with Crippen LogP contribution in [-0.4, -0.2) is 18.3 Å². The molecule has 0 amide bonds. The third-order valence-electron chi connectivity index (χ3n) is 2.06. The van der Waals surface area contributed by atoms with Gasteiger partial charge in [-0.2, -0.15) is 0 Å². The quantitative estimate of drug-likeness (QED) is 0.831. The van der Waals surface area contributed by atoms with E-state index in [-0.39, 0.29) is 11.8 Å². The van der Waals surface area contributed by atoms with Gasteiger partial charge in [0.25, 0.3) is 0 Å². The lowest BCUT2D eigenvalue weighted by atomic mass is 10.0. The molecule has 1 unspecified atom stereocenters. The van der Waals surface area contributed by atoms with Gasteiger partial charge in [-0.1, -0.05) is 11.6 Å². The average Bonchev–Trinajstić information content (AvgIpc) is 2.13. The van der Waals surface area contributed by atoms with E-state index in [1.165, 1.54) is 0 Å². The van der Waals surface area contributed by atoms with Gasteiger partial charge in [0.1, 0.15) is 5.75 Å². The van der Waals surface area contributed by atoms with Crippen LogP contribution in [0, 0.1) is 0 Å². The summed E-state index contributed by atoms with van der Waals surface area (Å²) in [5.41, 5.74) is 7.39. The van der Waals surface area contributed by atoms with E-state index in [0.29, 0.717) is 18.1 Å². The predicted molar refractivity (Wildman–Crippen MR) is 61.2 cm³/mol. The molecule has 0 aromatic heterocycles. The zero-order valence-electron chi connectivity index (χ0n) is 8.96. The van der Waals surface area contributed by atoms with Gasteiger partial charge in [-0.25, -0.2) is 0 Å². The van der Waals surface area contributed by atoms with Crippen LogP contribution < -0.4 is 5.73 Å². The third kappa shape index (κ3) is 3.38. The molecule has 3 nitrogen and oxygen atoms in total. The molecule has 0 saturated carbocycles. The average molecular weight is 230 g/mol. The SMILES string of the molecule is COCc1cc(Cl)c(O)c(CC(C)N)c1. The Bertz CT molecular complexity index is 340. The van der Waals surface area contributed by atoms with E-state index in [2.05, 4.69) is 0 Å². The summed E-state index contributed by atoms with van der Waals surface area (Å²) >= 11 is 5.89. The fourth-order valence-corrected chi connectivity index (χ4v) is 1.73. The lowest BCUT2D eigenvalue weighted by Crippen LogP contribution is -2.18. The summed E-state index contributed by atoms with van der Waals surface area (Å²) in [7, 11) is 1.62. The summed E-state index contributed by atoms with van der Waals surface area (Å²) in [5, 5.41) is 10.1. The van der Waals surface area contributed by atoms with Crippen LogP contribution in [0.3, 0.4) is 0 Å². The number of hydrogen-bond donors (Lipinski definition) is 2. The summed E-state index contributed by atoms with van der Waals surface area (Å²) in [4.78, 5) is 0. The summed E-state index contributed by atoms with van der Waals surface area (Å²) in [6.45, 7) is 2.36. The van der Waals surface area contributed by atoms with E-state index in [9.17, 15) is 5.11 Å². The molecule has 1 atom stereocenters. The van der Waals surface area contributed by atoms with Crippen LogP contribution in [0.25, 0.3) is 0 Å². The number of rotatable bonds is 4. The van der Waals surface area contributed by atoms with E-state index in [4.69, 9.17) is 22.1 Å². The molecule has 1 rings (SSSR count). The minimum atomic E-state index is -0.00948. The Labute approximate surface area is 94.8 Å². The second-order valence-electron chi connectivity index (χ2n) is 3.70. The van der Waals surface area contributed by atoms with Crippen molar-refractivity contribution in [1.82, 2.24) is 0 Å². The first-order valence-corrected chi connectivity index (χ1v) is 5.17. The first-order valence-electron chi connectivity index (χ1n) is 4.79. The summed E-state index contributed by atoms with van der Waals surface area (Å²) < 4.78 is 5.01. The molecule has 4 heteroatoms. The first-order chi connectivity index (χ1) is 7.04. The number of ether oxygens (including phenoxy) is 1. The van der Waals surface area contributed by atoms with Crippen molar-refractivity contribution in [2.75, 3.05) is 7.11 Å². The summed E-state index contributed by atoms with van der Waals surface area (Å²) in [5.74, 6) is 0.119. The van der Waals surface area contributed by atoms with Crippen molar-refractivity contribution in [1.29, 1.82) is 0 Å². The number of hydrogen-bond acceptors (Lipinski definition) is 3. The van der Waals surface area contributed by atoms with Gasteiger partial charge in [0, 0.05) is 13.2 Å². The summed E-state index contributed by atoms with van der Waals surface area (Å²) in [6, 6.07) is 3.56. The van der Waals surface area contributed by atoms with Gasteiger partial charge in [0.15, 0.2) is 0 Å². The zero-order valence-corrected chi connectivity index (χ0v) is 9.71. The monoisotopic (exact) mass is 229 g/mol.